The molecular formula is C13H15NO2. The van der Waals surface area contributed by atoms with Crippen molar-refractivity contribution in [3.8, 4) is 0 Å². The number of carboxylic acids is 1. The Morgan fingerprint density at radius 2 is 2.06 bits per heavy atom. The van der Waals surface area contributed by atoms with Crippen LogP contribution in [0.3, 0.4) is 0 Å². The molecule has 1 aromatic carbocycles. The highest BCUT2D eigenvalue weighted by atomic mass is 16.4. The van der Waals surface area contributed by atoms with Crippen LogP contribution in [0, 0.1) is 13.8 Å². The second kappa shape index (κ2) is 4.00. The fraction of sp³-hybridized carbons (Fsp3) is 0.308. The highest BCUT2D eigenvalue weighted by Crippen LogP contribution is 2.21. The van der Waals surface area contributed by atoms with Crippen LogP contribution in [0.5, 0.6) is 0 Å². The van der Waals surface area contributed by atoms with E-state index in [-0.39, 0.29) is 6.42 Å². The van der Waals surface area contributed by atoms with Crippen molar-refractivity contribution < 1.29 is 9.90 Å². The lowest BCUT2D eigenvalue weighted by Gasteiger charge is -2.06. The summed E-state index contributed by atoms with van der Waals surface area (Å²) in [5, 5.41) is 9.89. The normalized spacial score (nSPS) is 10.9. The van der Waals surface area contributed by atoms with E-state index in [1.54, 1.807) is 0 Å². The summed E-state index contributed by atoms with van der Waals surface area (Å²) in [5.41, 5.74) is 3.45. The summed E-state index contributed by atoms with van der Waals surface area (Å²) in [6.07, 6.45) is 0.165. The summed E-state index contributed by atoms with van der Waals surface area (Å²) < 4.78 is 2.06. The van der Waals surface area contributed by atoms with E-state index >= 15 is 0 Å². The molecule has 3 heteroatoms. The van der Waals surface area contributed by atoms with Crippen LogP contribution >= 0.6 is 0 Å². The molecule has 0 unspecified atom stereocenters. The Balaban J connectivity index is 2.43. The van der Waals surface area contributed by atoms with Gasteiger partial charge in [0.15, 0.2) is 0 Å². The van der Waals surface area contributed by atoms with E-state index in [9.17, 15) is 4.79 Å². The summed E-state index contributed by atoms with van der Waals surface area (Å²) in [6.45, 7) is 4.61. The van der Waals surface area contributed by atoms with E-state index in [4.69, 9.17) is 5.11 Å². The van der Waals surface area contributed by atoms with Gasteiger partial charge in [0.1, 0.15) is 0 Å². The average Bonchev–Trinajstić information content (AvgIpc) is 2.50. The monoisotopic (exact) mass is 217 g/mol. The third kappa shape index (κ3) is 1.94. The largest absolute Gasteiger partial charge is 0.481 e. The van der Waals surface area contributed by atoms with Crippen LogP contribution in [0.4, 0.5) is 0 Å². The fourth-order valence-corrected chi connectivity index (χ4v) is 2.03. The summed E-state index contributed by atoms with van der Waals surface area (Å²) in [7, 11) is 0. The van der Waals surface area contributed by atoms with E-state index in [1.165, 1.54) is 10.9 Å². The quantitative estimate of drug-likeness (QED) is 0.858. The molecular weight excluding hydrogens is 202 g/mol. The lowest BCUT2D eigenvalue weighted by molar-refractivity contribution is -0.137. The first-order valence-corrected chi connectivity index (χ1v) is 5.36. The van der Waals surface area contributed by atoms with E-state index in [0.29, 0.717) is 6.54 Å². The van der Waals surface area contributed by atoms with Gasteiger partial charge in [0.05, 0.1) is 6.42 Å². The van der Waals surface area contributed by atoms with Gasteiger partial charge in [0, 0.05) is 23.1 Å². The number of fused-ring (bicyclic) bond motifs is 1. The molecule has 0 radical (unpaired) electrons. The molecule has 0 atom stereocenters. The van der Waals surface area contributed by atoms with Crippen molar-refractivity contribution in [2.45, 2.75) is 26.8 Å². The molecule has 1 heterocycles. The molecule has 0 saturated carbocycles. The molecule has 1 aromatic heterocycles. The zero-order valence-electron chi connectivity index (χ0n) is 9.53. The van der Waals surface area contributed by atoms with Crippen LogP contribution in [-0.2, 0) is 11.3 Å². The third-order valence-corrected chi connectivity index (χ3v) is 2.81. The maximum atomic E-state index is 10.6. The van der Waals surface area contributed by atoms with Gasteiger partial charge >= 0.3 is 5.97 Å². The van der Waals surface area contributed by atoms with E-state index in [2.05, 4.69) is 35.8 Å². The van der Waals surface area contributed by atoms with E-state index < -0.39 is 5.97 Å². The third-order valence-electron chi connectivity index (χ3n) is 2.81. The molecule has 16 heavy (non-hydrogen) atoms. The fourth-order valence-electron chi connectivity index (χ4n) is 2.03. The van der Waals surface area contributed by atoms with Crippen molar-refractivity contribution in [1.29, 1.82) is 0 Å². The van der Waals surface area contributed by atoms with Crippen molar-refractivity contribution >= 4 is 16.9 Å². The Bertz CT molecular complexity index is 540. The maximum absolute atomic E-state index is 10.6. The molecule has 0 fully saturated rings. The molecule has 0 aliphatic rings. The molecule has 0 spiro atoms. The summed E-state index contributed by atoms with van der Waals surface area (Å²) in [5.74, 6) is -0.756. The highest BCUT2D eigenvalue weighted by Gasteiger charge is 2.06. The van der Waals surface area contributed by atoms with Crippen LogP contribution in [0.2, 0.25) is 0 Å². The smallest absolute Gasteiger partial charge is 0.305 e. The summed E-state index contributed by atoms with van der Waals surface area (Å²) in [6, 6.07) is 8.34. The average molecular weight is 217 g/mol. The van der Waals surface area contributed by atoms with Crippen LogP contribution in [0.25, 0.3) is 10.9 Å². The first-order valence-electron chi connectivity index (χ1n) is 5.36. The van der Waals surface area contributed by atoms with Crippen LogP contribution in [0.15, 0.2) is 24.3 Å². The van der Waals surface area contributed by atoms with Crippen molar-refractivity contribution in [2.75, 3.05) is 0 Å². The molecule has 1 N–H and O–H groups in total. The summed E-state index contributed by atoms with van der Waals surface area (Å²) in [4.78, 5) is 10.6. The van der Waals surface area contributed by atoms with Gasteiger partial charge in [0.2, 0.25) is 0 Å². The molecule has 3 nitrogen and oxygen atoms in total. The van der Waals surface area contributed by atoms with Gasteiger partial charge in [-0.25, -0.2) is 0 Å². The van der Waals surface area contributed by atoms with Crippen LogP contribution in [0.1, 0.15) is 17.7 Å². The van der Waals surface area contributed by atoms with Gasteiger partial charge in [-0.2, -0.15) is 0 Å². The molecule has 2 aromatic rings. The second-order valence-electron chi connectivity index (χ2n) is 4.14. The van der Waals surface area contributed by atoms with Gasteiger partial charge in [-0.05, 0) is 32.0 Å². The topological polar surface area (TPSA) is 42.2 Å². The predicted octanol–water partition coefficient (Wildman–Crippen LogP) is 2.73. The molecule has 0 aliphatic carbocycles. The number of carboxylic acid groups (broad SMARTS) is 1. The number of aryl methyl sites for hydroxylation is 3. The van der Waals surface area contributed by atoms with Crippen LogP contribution in [-0.4, -0.2) is 15.6 Å². The number of aromatic nitrogens is 1. The van der Waals surface area contributed by atoms with E-state index in [1.807, 2.05) is 6.92 Å². The van der Waals surface area contributed by atoms with Crippen LogP contribution < -0.4 is 0 Å². The lowest BCUT2D eigenvalue weighted by atomic mass is 10.2. The number of carbonyl (C=O) groups is 1. The van der Waals surface area contributed by atoms with Crippen molar-refractivity contribution in [2.24, 2.45) is 0 Å². The van der Waals surface area contributed by atoms with Crippen molar-refractivity contribution in [3.63, 3.8) is 0 Å². The minimum absolute atomic E-state index is 0.165. The van der Waals surface area contributed by atoms with Gasteiger partial charge in [-0.15, -0.1) is 0 Å². The molecule has 0 bridgehead atoms. The lowest BCUT2D eigenvalue weighted by Crippen LogP contribution is -2.05. The standard InChI is InChI=1S/C13H15NO2/c1-9-3-4-12-11(7-9)8-10(2)14(12)6-5-13(15)16/h3-4,7-8H,5-6H2,1-2H3,(H,15,16). The maximum Gasteiger partial charge on any atom is 0.305 e. The molecule has 2 rings (SSSR count). The highest BCUT2D eigenvalue weighted by molar-refractivity contribution is 5.82. The number of rotatable bonds is 3. The number of hydrogen-bond acceptors (Lipinski definition) is 1. The first-order chi connectivity index (χ1) is 7.58. The van der Waals surface area contributed by atoms with Gasteiger partial charge in [-0.1, -0.05) is 11.6 Å². The molecule has 0 aliphatic heterocycles. The Morgan fingerprint density at radius 1 is 1.31 bits per heavy atom. The van der Waals surface area contributed by atoms with Gasteiger partial charge in [-0.3, -0.25) is 4.79 Å². The summed E-state index contributed by atoms with van der Waals surface area (Å²) >= 11 is 0. The van der Waals surface area contributed by atoms with Gasteiger partial charge in [0.25, 0.3) is 0 Å². The van der Waals surface area contributed by atoms with Gasteiger partial charge < -0.3 is 9.67 Å². The number of hydrogen-bond donors (Lipinski definition) is 1. The van der Waals surface area contributed by atoms with Crippen molar-refractivity contribution in [1.82, 2.24) is 4.57 Å². The number of nitrogens with zero attached hydrogens (tertiary/aromatic N) is 1. The Labute approximate surface area is 94.3 Å². The molecule has 84 valence electrons. The minimum Gasteiger partial charge on any atom is -0.481 e. The number of aliphatic carboxylic acids is 1. The van der Waals surface area contributed by atoms with E-state index in [0.717, 1.165) is 11.2 Å². The SMILES string of the molecule is Cc1ccc2c(c1)cc(C)n2CCC(=O)O. The zero-order valence-corrected chi connectivity index (χ0v) is 9.53. The Kier molecular flexibility index (Phi) is 2.69. The Morgan fingerprint density at radius 3 is 2.75 bits per heavy atom. The zero-order chi connectivity index (χ0) is 11.7. The number of benzene rings is 1. The predicted molar refractivity (Wildman–Crippen MR) is 63.7 cm³/mol. The molecule has 0 amide bonds. The first kappa shape index (κ1) is 10.7. The minimum atomic E-state index is -0.756. The van der Waals surface area contributed by atoms with Crippen molar-refractivity contribution in [3.05, 3.63) is 35.5 Å². The Hall–Kier alpha value is -1.77. The second-order valence-corrected chi connectivity index (χ2v) is 4.14. The molecule has 0 saturated heterocycles.